The SMILES string of the molecule is COC(=O)C1=C(C(=O)OC)C2C=CC1C13CC21C(=O)C=CC3=O. The lowest BCUT2D eigenvalue weighted by atomic mass is 9.56. The first-order chi connectivity index (χ1) is 11.0. The molecular formula is C17H14O6. The van der Waals surface area contributed by atoms with Gasteiger partial charge in [-0.25, -0.2) is 9.59 Å². The van der Waals surface area contributed by atoms with E-state index in [1.807, 2.05) is 0 Å². The third kappa shape index (κ3) is 1.27. The minimum absolute atomic E-state index is 0.149. The highest BCUT2D eigenvalue weighted by Gasteiger charge is 2.84. The van der Waals surface area contributed by atoms with E-state index in [9.17, 15) is 19.2 Å². The molecule has 5 aliphatic rings. The first kappa shape index (κ1) is 14.1. The smallest absolute Gasteiger partial charge is 0.334 e. The van der Waals surface area contributed by atoms with E-state index in [1.165, 1.54) is 26.4 Å². The molecule has 0 aromatic rings. The lowest BCUT2D eigenvalue weighted by molar-refractivity contribution is -0.143. The van der Waals surface area contributed by atoms with Gasteiger partial charge in [-0.2, -0.15) is 0 Å². The quantitative estimate of drug-likeness (QED) is 0.546. The first-order valence-electron chi connectivity index (χ1n) is 7.31. The van der Waals surface area contributed by atoms with E-state index in [2.05, 4.69) is 0 Å². The van der Waals surface area contributed by atoms with Gasteiger partial charge < -0.3 is 9.47 Å². The monoisotopic (exact) mass is 314 g/mol. The summed E-state index contributed by atoms with van der Waals surface area (Å²) >= 11 is 0. The van der Waals surface area contributed by atoms with Crippen molar-refractivity contribution in [1.29, 1.82) is 0 Å². The van der Waals surface area contributed by atoms with Gasteiger partial charge in [0.05, 0.1) is 36.2 Å². The standard InChI is InChI=1S/C17H14O6/c1-22-14(20)12-8-3-4-9(13(12)15(21)23-2)17-7-16(8,17)10(18)5-6-11(17)19/h3-6,8-9H,7H2,1-2H3. The van der Waals surface area contributed by atoms with Crippen molar-refractivity contribution in [2.24, 2.45) is 22.7 Å². The topological polar surface area (TPSA) is 86.7 Å². The second-order valence-corrected chi connectivity index (χ2v) is 6.33. The fraction of sp³-hybridized carbons (Fsp3) is 0.412. The largest absolute Gasteiger partial charge is 0.466 e. The van der Waals surface area contributed by atoms with Gasteiger partial charge in [0.25, 0.3) is 0 Å². The van der Waals surface area contributed by atoms with Crippen LogP contribution < -0.4 is 0 Å². The molecule has 2 bridgehead atoms. The van der Waals surface area contributed by atoms with Gasteiger partial charge in [-0.3, -0.25) is 9.59 Å². The first-order valence-corrected chi connectivity index (χ1v) is 7.31. The number of allylic oxidation sites excluding steroid dienone is 4. The summed E-state index contributed by atoms with van der Waals surface area (Å²) in [6.45, 7) is 0. The Balaban J connectivity index is 1.99. The van der Waals surface area contributed by atoms with Crippen LogP contribution in [-0.4, -0.2) is 37.7 Å². The van der Waals surface area contributed by atoms with Crippen LogP contribution >= 0.6 is 0 Å². The van der Waals surface area contributed by atoms with Crippen molar-refractivity contribution in [2.75, 3.05) is 14.2 Å². The summed E-state index contributed by atoms with van der Waals surface area (Å²) in [6.07, 6.45) is 6.41. The number of carbonyl (C=O) groups excluding carboxylic acids is 4. The fourth-order valence-corrected chi connectivity index (χ4v) is 4.80. The van der Waals surface area contributed by atoms with Crippen LogP contribution in [-0.2, 0) is 28.7 Å². The Kier molecular flexibility index (Phi) is 2.50. The molecule has 4 atom stereocenters. The zero-order chi connectivity index (χ0) is 16.6. The van der Waals surface area contributed by atoms with Crippen LogP contribution in [0.25, 0.3) is 0 Å². The molecule has 23 heavy (non-hydrogen) atoms. The molecular weight excluding hydrogens is 300 g/mol. The lowest BCUT2D eigenvalue weighted by Gasteiger charge is -2.44. The second kappa shape index (κ2) is 4.07. The van der Waals surface area contributed by atoms with Crippen LogP contribution in [0, 0.1) is 22.7 Å². The van der Waals surface area contributed by atoms with Gasteiger partial charge >= 0.3 is 11.9 Å². The average Bonchev–Trinajstić information content (AvgIpc) is 3.32. The van der Waals surface area contributed by atoms with Crippen LogP contribution in [0.4, 0.5) is 0 Å². The van der Waals surface area contributed by atoms with E-state index in [0.717, 1.165) is 0 Å². The molecule has 1 saturated carbocycles. The summed E-state index contributed by atoms with van der Waals surface area (Å²) in [7, 11) is 2.45. The van der Waals surface area contributed by atoms with Crippen LogP contribution in [0.15, 0.2) is 35.5 Å². The van der Waals surface area contributed by atoms with Crippen molar-refractivity contribution in [3.63, 3.8) is 0 Å². The summed E-state index contributed by atoms with van der Waals surface area (Å²) in [5, 5.41) is 0. The number of hydrogen-bond donors (Lipinski definition) is 0. The lowest BCUT2D eigenvalue weighted by Crippen LogP contribution is -2.50. The number of esters is 2. The molecule has 0 spiro atoms. The number of hydrogen-bond acceptors (Lipinski definition) is 6. The zero-order valence-corrected chi connectivity index (χ0v) is 12.6. The molecule has 0 aliphatic heterocycles. The van der Waals surface area contributed by atoms with E-state index < -0.39 is 34.6 Å². The molecule has 0 amide bonds. The van der Waals surface area contributed by atoms with Crippen LogP contribution in [0.3, 0.4) is 0 Å². The highest BCUT2D eigenvalue weighted by Crippen LogP contribution is 2.80. The number of methoxy groups -OCH3 is 2. The zero-order valence-electron chi connectivity index (χ0n) is 12.6. The maximum Gasteiger partial charge on any atom is 0.334 e. The van der Waals surface area contributed by atoms with E-state index in [-0.39, 0.29) is 22.7 Å². The normalized spacial score (nSPS) is 39.0. The molecule has 4 unspecified atom stereocenters. The molecule has 5 aliphatic carbocycles. The van der Waals surface area contributed by atoms with Gasteiger partial charge in [0, 0.05) is 11.8 Å². The molecule has 1 fully saturated rings. The maximum absolute atomic E-state index is 12.6. The van der Waals surface area contributed by atoms with Crippen molar-refractivity contribution < 1.29 is 28.7 Å². The minimum atomic E-state index is -0.945. The van der Waals surface area contributed by atoms with Gasteiger partial charge in [-0.1, -0.05) is 12.2 Å². The minimum Gasteiger partial charge on any atom is -0.466 e. The average molecular weight is 314 g/mol. The predicted molar refractivity (Wildman–Crippen MR) is 75.8 cm³/mol. The van der Waals surface area contributed by atoms with Gasteiger partial charge in [0.2, 0.25) is 0 Å². The number of carbonyl (C=O) groups is 4. The van der Waals surface area contributed by atoms with Crippen LogP contribution in [0.5, 0.6) is 0 Å². The van der Waals surface area contributed by atoms with Gasteiger partial charge in [-0.05, 0) is 18.6 Å². The van der Waals surface area contributed by atoms with Gasteiger partial charge in [0.15, 0.2) is 11.6 Å². The molecule has 0 radical (unpaired) electrons. The van der Waals surface area contributed by atoms with Crippen molar-refractivity contribution >= 4 is 23.5 Å². The fourth-order valence-electron chi connectivity index (χ4n) is 4.80. The molecule has 0 N–H and O–H groups in total. The van der Waals surface area contributed by atoms with E-state index in [0.29, 0.717) is 6.42 Å². The van der Waals surface area contributed by atoms with E-state index >= 15 is 0 Å². The Morgan fingerprint density at radius 1 is 0.913 bits per heavy atom. The van der Waals surface area contributed by atoms with Crippen molar-refractivity contribution in [2.45, 2.75) is 6.42 Å². The Morgan fingerprint density at radius 2 is 1.30 bits per heavy atom. The van der Waals surface area contributed by atoms with Crippen LogP contribution in [0.2, 0.25) is 0 Å². The Bertz CT molecular complexity index is 723. The molecule has 6 heteroatoms. The summed E-state index contributed by atoms with van der Waals surface area (Å²) in [5.41, 5.74) is -1.59. The van der Waals surface area contributed by atoms with E-state index in [1.54, 1.807) is 12.2 Å². The summed E-state index contributed by atoms with van der Waals surface area (Å²) in [4.78, 5) is 49.7. The highest BCUT2D eigenvalue weighted by atomic mass is 16.5. The number of rotatable bonds is 2. The summed E-state index contributed by atoms with van der Waals surface area (Å²) in [6, 6.07) is 0. The van der Waals surface area contributed by atoms with Crippen molar-refractivity contribution in [1.82, 2.24) is 0 Å². The second-order valence-electron chi connectivity index (χ2n) is 6.33. The van der Waals surface area contributed by atoms with Gasteiger partial charge in [-0.15, -0.1) is 0 Å². The number of ketones is 2. The van der Waals surface area contributed by atoms with Gasteiger partial charge in [0.1, 0.15) is 0 Å². The molecule has 0 aromatic carbocycles. The third-order valence-electron chi connectivity index (χ3n) is 5.77. The summed E-state index contributed by atoms with van der Waals surface area (Å²) in [5.74, 6) is -2.90. The van der Waals surface area contributed by atoms with Crippen molar-refractivity contribution in [3.05, 3.63) is 35.5 Å². The molecule has 0 saturated heterocycles. The molecule has 5 rings (SSSR count). The number of ether oxygens (including phenoxy) is 2. The van der Waals surface area contributed by atoms with Crippen LogP contribution in [0.1, 0.15) is 6.42 Å². The molecule has 6 nitrogen and oxygen atoms in total. The Morgan fingerprint density at radius 3 is 1.65 bits per heavy atom. The summed E-state index contributed by atoms with van der Waals surface area (Å²) < 4.78 is 9.64. The Hall–Kier alpha value is -2.50. The van der Waals surface area contributed by atoms with E-state index in [4.69, 9.17) is 9.47 Å². The molecule has 0 aromatic heterocycles. The Labute approximate surface area is 131 Å². The molecule has 0 heterocycles. The highest BCUT2D eigenvalue weighted by molar-refractivity contribution is 6.19. The van der Waals surface area contributed by atoms with Crippen molar-refractivity contribution in [3.8, 4) is 0 Å². The third-order valence-corrected chi connectivity index (χ3v) is 5.77. The molecule has 118 valence electrons. The predicted octanol–water partition coefficient (Wildman–Crippen LogP) is 0.529. The maximum atomic E-state index is 12.6.